The average Bonchev–Trinajstić information content (AvgIpc) is 3.09. The van der Waals surface area contributed by atoms with Gasteiger partial charge in [0.25, 0.3) is 0 Å². The third kappa shape index (κ3) is 6.34. The highest BCUT2D eigenvalue weighted by molar-refractivity contribution is 7.99. The number of rotatable bonds is 6. The highest BCUT2D eigenvalue weighted by atomic mass is 35.5. The lowest BCUT2D eigenvalue weighted by Gasteiger charge is -2.18. The topological polar surface area (TPSA) is 79.5 Å². The van der Waals surface area contributed by atoms with Gasteiger partial charge in [0.15, 0.2) is 5.11 Å². The molecule has 1 heterocycles. The number of thiophene rings is 1. The van der Waals surface area contributed by atoms with E-state index in [0.29, 0.717) is 27.3 Å². The Bertz CT molecular complexity index is 1030. The van der Waals surface area contributed by atoms with Crippen LogP contribution in [-0.4, -0.2) is 29.9 Å². The Labute approximate surface area is 204 Å². The van der Waals surface area contributed by atoms with E-state index in [9.17, 15) is 14.0 Å². The molecular formula is C21H23ClFN3O3S3. The standard InChI is InChI=1S/C21H23ClFN3O3S3/c1-11-3-6-14-16(7-11)32-19(18(14)20(28)29-2)24-21(30)26-25-17(27)10-31-9-12-4-5-13(23)8-15(12)22/h4-5,8,11H,3,6-7,9-10H2,1-2H3,(H,25,27)(H2,24,26,30). The van der Waals surface area contributed by atoms with E-state index >= 15 is 0 Å². The Morgan fingerprint density at radius 3 is 2.88 bits per heavy atom. The maximum absolute atomic E-state index is 13.1. The van der Waals surface area contributed by atoms with Crippen LogP contribution >= 0.6 is 46.9 Å². The van der Waals surface area contributed by atoms with Crippen LogP contribution in [0.1, 0.15) is 39.7 Å². The van der Waals surface area contributed by atoms with Crippen molar-refractivity contribution in [2.24, 2.45) is 5.92 Å². The maximum Gasteiger partial charge on any atom is 0.341 e. The molecule has 1 aliphatic rings. The Morgan fingerprint density at radius 1 is 1.38 bits per heavy atom. The number of amides is 1. The van der Waals surface area contributed by atoms with Crippen LogP contribution in [0.15, 0.2) is 18.2 Å². The van der Waals surface area contributed by atoms with Gasteiger partial charge in [-0.1, -0.05) is 24.6 Å². The van der Waals surface area contributed by atoms with E-state index in [1.807, 2.05) is 0 Å². The minimum atomic E-state index is -0.401. The van der Waals surface area contributed by atoms with Gasteiger partial charge in [-0.2, -0.15) is 0 Å². The third-order valence-corrected chi connectivity index (χ3v) is 7.66. The number of halogens is 2. The summed E-state index contributed by atoms with van der Waals surface area (Å²) in [6.07, 6.45) is 2.76. The number of esters is 1. The molecule has 0 bridgehead atoms. The molecule has 3 rings (SSSR count). The number of hydrogen-bond acceptors (Lipinski definition) is 6. The predicted octanol–water partition coefficient (Wildman–Crippen LogP) is 4.70. The molecule has 172 valence electrons. The molecule has 1 aromatic carbocycles. The zero-order chi connectivity index (χ0) is 23.3. The molecule has 1 atom stereocenters. The molecule has 11 heteroatoms. The molecule has 2 aromatic rings. The van der Waals surface area contributed by atoms with Crippen molar-refractivity contribution in [2.45, 2.75) is 31.9 Å². The first kappa shape index (κ1) is 24.8. The number of thiocarbonyl (C=S) groups is 1. The number of thioether (sulfide) groups is 1. The molecule has 3 N–H and O–H groups in total. The number of hydrogen-bond donors (Lipinski definition) is 3. The second kappa shape index (κ2) is 11.3. The van der Waals surface area contributed by atoms with Gasteiger partial charge in [0.2, 0.25) is 5.91 Å². The first-order valence-corrected chi connectivity index (χ1v) is 12.6. The highest BCUT2D eigenvalue weighted by Gasteiger charge is 2.28. The number of fused-ring (bicyclic) bond motifs is 1. The third-order valence-electron chi connectivity index (χ3n) is 4.95. The fourth-order valence-electron chi connectivity index (χ4n) is 3.35. The van der Waals surface area contributed by atoms with Crippen molar-refractivity contribution in [3.05, 3.63) is 50.6 Å². The van der Waals surface area contributed by atoms with Crippen LogP contribution in [0.25, 0.3) is 0 Å². The summed E-state index contributed by atoms with van der Waals surface area (Å²) in [6, 6.07) is 4.17. The largest absolute Gasteiger partial charge is 0.465 e. The quantitative estimate of drug-likeness (QED) is 0.292. The molecular weight excluding hydrogens is 493 g/mol. The minimum absolute atomic E-state index is 0.155. The molecule has 0 saturated heterocycles. The SMILES string of the molecule is COC(=O)c1c(NC(=S)NNC(=O)CSCc2ccc(F)cc2Cl)sc2c1CCC(C)C2. The average molecular weight is 516 g/mol. The maximum atomic E-state index is 13.1. The van der Waals surface area contributed by atoms with Crippen LogP contribution in [0.5, 0.6) is 0 Å². The number of nitrogens with one attached hydrogen (secondary N) is 3. The zero-order valence-electron chi connectivity index (χ0n) is 17.6. The summed E-state index contributed by atoms with van der Waals surface area (Å²) in [4.78, 5) is 25.6. The molecule has 1 unspecified atom stereocenters. The second-order valence-electron chi connectivity index (χ2n) is 7.40. The van der Waals surface area contributed by atoms with Crippen LogP contribution < -0.4 is 16.2 Å². The van der Waals surface area contributed by atoms with Gasteiger partial charge in [-0.25, -0.2) is 9.18 Å². The van der Waals surface area contributed by atoms with Gasteiger partial charge < -0.3 is 10.1 Å². The van der Waals surface area contributed by atoms with Gasteiger partial charge in [0.1, 0.15) is 10.8 Å². The van der Waals surface area contributed by atoms with Crippen molar-refractivity contribution in [3.8, 4) is 0 Å². The number of methoxy groups -OCH3 is 1. The summed E-state index contributed by atoms with van der Waals surface area (Å²) in [6.45, 7) is 2.19. The lowest BCUT2D eigenvalue weighted by atomic mass is 9.88. The monoisotopic (exact) mass is 515 g/mol. The lowest BCUT2D eigenvalue weighted by molar-refractivity contribution is -0.119. The van der Waals surface area contributed by atoms with Crippen molar-refractivity contribution in [3.63, 3.8) is 0 Å². The number of benzene rings is 1. The fourth-order valence-corrected chi connectivity index (χ4v) is 6.11. The van der Waals surface area contributed by atoms with Crippen LogP contribution in [0.4, 0.5) is 9.39 Å². The smallest absolute Gasteiger partial charge is 0.341 e. The Balaban J connectivity index is 1.51. The predicted molar refractivity (Wildman–Crippen MR) is 132 cm³/mol. The van der Waals surface area contributed by atoms with E-state index in [0.717, 1.165) is 35.3 Å². The van der Waals surface area contributed by atoms with E-state index in [-0.39, 0.29) is 16.8 Å². The molecule has 0 spiro atoms. The molecule has 1 amide bonds. The molecule has 0 aliphatic heterocycles. The second-order valence-corrected chi connectivity index (χ2v) is 10.3. The Hall–Kier alpha value is -1.88. The van der Waals surface area contributed by atoms with Crippen LogP contribution in [0.3, 0.4) is 0 Å². The number of carbonyl (C=O) groups is 2. The number of carbonyl (C=O) groups excluding carboxylic acids is 2. The van der Waals surface area contributed by atoms with Crippen molar-refractivity contribution in [2.75, 3.05) is 18.2 Å². The Kier molecular flexibility index (Phi) is 8.75. The zero-order valence-corrected chi connectivity index (χ0v) is 20.8. The molecule has 0 radical (unpaired) electrons. The molecule has 0 fully saturated rings. The van der Waals surface area contributed by atoms with Crippen molar-refractivity contribution < 1.29 is 18.7 Å². The number of ether oxygens (including phenoxy) is 1. The van der Waals surface area contributed by atoms with Gasteiger partial charge in [-0.05, 0) is 60.7 Å². The van der Waals surface area contributed by atoms with Gasteiger partial charge in [-0.3, -0.25) is 15.6 Å². The first-order chi connectivity index (χ1) is 15.3. The van der Waals surface area contributed by atoms with E-state index in [1.54, 1.807) is 6.07 Å². The number of hydrazine groups is 1. The molecule has 32 heavy (non-hydrogen) atoms. The van der Waals surface area contributed by atoms with E-state index in [1.165, 1.54) is 42.3 Å². The molecule has 0 saturated carbocycles. The summed E-state index contributed by atoms with van der Waals surface area (Å²) in [7, 11) is 1.36. The van der Waals surface area contributed by atoms with E-state index in [4.69, 9.17) is 28.6 Å². The molecule has 1 aromatic heterocycles. The lowest BCUT2D eigenvalue weighted by Crippen LogP contribution is -2.44. The van der Waals surface area contributed by atoms with Gasteiger partial charge in [0.05, 0.1) is 18.4 Å². The van der Waals surface area contributed by atoms with Crippen molar-refractivity contribution in [1.29, 1.82) is 0 Å². The van der Waals surface area contributed by atoms with Gasteiger partial charge >= 0.3 is 5.97 Å². The summed E-state index contributed by atoms with van der Waals surface area (Å²) >= 11 is 14.1. The first-order valence-electron chi connectivity index (χ1n) is 9.88. The van der Waals surface area contributed by atoms with Gasteiger partial charge in [0, 0.05) is 15.7 Å². The summed E-state index contributed by atoms with van der Waals surface area (Å²) in [5, 5.41) is 4.12. The van der Waals surface area contributed by atoms with E-state index < -0.39 is 11.8 Å². The highest BCUT2D eigenvalue weighted by Crippen LogP contribution is 2.40. The molecule has 1 aliphatic carbocycles. The van der Waals surface area contributed by atoms with Crippen molar-refractivity contribution >= 4 is 68.9 Å². The fraction of sp³-hybridized carbons (Fsp3) is 0.381. The summed E-state index contributed by atoms with van der Waals surface area (Å²) in [5.74, 6) is 0.0974. The van der Waals surface area contributed by atoms with E-state index in [2.05, 4.69) is 23.1 Å². The number of anilines is 1. The Morgan fingerprint density at radius 2 is 2.16 bits per heavy atom. The van der Waals surface area contributed by atoms with Crippen LogP contribution in [0, 0.1) is 11.7 Å². The van der Waals surface area contributed by atoms with Crippen LogP contribution in [-0.2, 0) is 28.1 Å². The van der Waals surface area contributed by atoms with Gasteiger partial charge in [-0.15, -0.1) is 23.1 Å². The minimum Gasteiger partial charge on any atom is -0.465 e. The van der Waals surface area contributed by atoms with Crippen molar-refractivity contribution in [1.82, 2.24) is 10.9 Å². The summed E-state index contributed by atoms with van der Waals surface area (Å²) < 4.78 is 18.1. The normalized spacial score (nSPS) is 14.9. The summed E-state index contributed by atoms with van der Waals surface area (Å²) in [5.41, 5.74) is 7.47. The molecule has 6 nitrogen and oxygen atoms in total. The van der Waals surface area contributed by atoms with Crippen LogP contribution in [0.2, 0.25) is 5.02 Å².